The summed E-state index contributed by atoms with van der Waals surface area (Å²) < 4.78 is 11.3. The maximum atomic E-state index is 13.8. The van der Waals surface area contributed by atoms with Gasteiger partial charge >= 0.3 is 0 Å². The Morgan fingerprint density at radius 3 is 2.13 bits per heavy atom. The van der Waals surface area contributed by atoms with Gasteiger partial charge in [-0.3, -0.25) is 14.4 Å². The number of fused-ring (bicyclic) bond motifs is 1. The van der Waals surface area contributed by atoms with Crippen molar-refractivity contribution in [3.8, 4) is 11.5 Å². The van der Waals surface area contributed by atoms with Crippen LogP contribution in [0.1, 0.15) is 17.2 Å². The van der Waals surface area contributed by atoms with Gasteiger partial charge < -0.3 is 9.47 Å². The standard InChI is InChI=1S/C31H26N2O5/c1-36-26-14-8-13-24(19-26)32-30(34)27-28(33(38-29(27)31(32)35)23-11-6-3-7-12-23)22-15-17-25(18-16-22)37-20-21-9-4-2-5-10-21/h2-19,27-29H,20H2,1H3/t27-,28+,29-/m1/s1. The largest absolute Gasteiger partial charge is 0.497 e. The van der Waals surface area contributed by atoms with Gasteiger partial charge in [0.25, 0.3) is 5.91 Å². The zero-order chi connectivity index (χ0) is 26.1. The first kappa shape index (κ1) is 23.8. The van der Waals surface area contributed by atoms with Crippen LogP contribution in [0.25, 0.3) is 0 Å². The molecule has 4 aromatic carbocycles. The van der Waals surface area contributed by atoms with E-state index in [9.17, 15) is 9.59 Å². The third kappa shape index (κ3) is 4.27. The second-order valence-corrected chi connectivity index (χ2v) is 9.21. The molecule has 2 amide bonds. The van der Waals surface area contributed by atoms with E-state index in [1.165, 1.54) is 4.90 Å². The summed E-state index contributed by atoms with van der Waals surface area (Å²) in [5, 5.41) is 1.69. The molecular formula is C31H26N2O5. The quantitative estimate of drug-likeness (QED) is 0.316. The third-order valence-electron chi connectivity index (χ3n) is 6.91. The van der Waals surface area contributed by atoms with E-state index in [2.05, 4.69) is 0 Å². The first-order chi connectivity index (χ1) is 18.6. The number of methoxy groups -OCH3 is 1. The molecule has 0 spiro atoms. The fourth-order valence-electron chi connectivity index (χ4n) is 5.06. The minimum absolute atomic E-state index is 0.305. The Morgan fingerprint density at radius 2 is 1.42 bits per heavy atom. The molecule has 0 aromatic heterocycles. The molecule has 0 N–H and O–H groups in total. The second-order valence-electron chi connectivity index (χ2n) is 9.21. The SMILES string of the molecule is COc1cccc(N2C(=O)[C@H]3[C@@H](ON(c4ccccc4)[C@H]3c3ccc(OCc4ccccc4)cc3)C2=O)c1. The van der Waals surface area contributed by atoms with E-state index < -0.39 is 18.1 Å². The highest BCUT2D eigenvalue weighted by Gasteiger charge is 2.60. The van der Waals surface area contributed by atoms with Crippen molar-refractivity contribution in [3.63, 3.8) is 0 Å². The summed E-state index contributed by atoms with van der Waals surface area (Å²) in [6, 6.07) is 33.5. The molecule has 38 heavy (non-hydrogen) atoms. The zero-order valence-electron chi connectivity index (χ0n) is 20.8. The number of benzene rings is 4. The van der Waals surface area contributed by atoms with Crippen LogP contribution in [0.4, 0.5) is 11.4 Å². The highest BCUT2D eigenvalue weighted by Crippen LogP contribution is 2.48. The van der Waals surface area contributed by atoms with Gasteiger partial charge in [-0.2, -0.15) is 0 Å². The van der Waals surface area contributed by atoms with E-state index in [1.54, 1.807) is 36.4 Å². The highest BCUT2D eigenvalue weighted by molar-refractivity contribution is 6.24. The lowest BCUT2D eigenvalue weighted by atomic mass is 9.90. The van der Waals surface area contributed by atoms with Gasteiger partial charge in [-0.15, -0.1) is 0 Å². The number of nitrogens with zero attached hydrogens (tertiary/aromatic N) is 2. The molecule has 0 unspecified atom stereocenters. The van der Waals surface area contributed by atoms with Crippen LogP contribution in [0.5, 0.6) is 11.5 Å². The number of amides is 2. The number of rotatable bonds is 7. The Bertz CT molecular complexity index is 1440. The number of ether oxygens (including phenoxy) is 2. The van der Waals surface area contributed by atoms with Crippen molar-refractivity contribution in [3.05, 3.63) is 120 Å². The summed E-state index contributed by atoms with van der Waals surface area (Å²) in [6.07, 6.45) is -0.937. The number of para-hydroxylation sites is 1. The molecule has 2 saturated heterocycles. The summed E-state index contributed by atoms with van der Waals surface area (Å²) in [4.78, 5) is 34.8. The van der Waals surface area contributed by atoms with Crippen molar-refractivity contribution < 1.29 is 23.9 Å². The zero-order valence-corrected chi connectivity index (χ0v) is 20.8. The van der Waals surface area contributed by atoms with Crippen molar-refractivity contribution in [2.45, 2.75) is 18.8 Å². The van der Waals surface area contributed by atoms with E-state index in [0.717, 1.165) is 16.8 Å². The Balaban J connectivity index is 1.31. The average molecular weight is 507 g/mol. The van der Waals surface area contributed by atoms with Crippen LogP contribution in [-0.4, -0.2) is 25.0 Å². The predicted octanol–water partition coefficient (Wildman–Crippen LogP) is 5.33. The lowest BCUT2D eigenvalue weighted by Crippen LogP contribution is -2.37. The monoisotopic (exact) mass is 506 g/mol. The summed E-state index contributed by atoms with van der Waals surface area (Å²) in [6.45, 7) is 0.454. The molecule has 3 atom stereocenters. The fraction of sp³-hybridized carbons (Fsp3) is 0.161. The number of hydroxylamine groups is 1. The van der Waals surface area contributed by atoms with Gasteiger partial charge in [-0.1, -0.05) is 66.7 Å². The predicted molar refractivity (Wildman–Crippen MR) is 143 cm³/mol. The smallest absolute Gasteiger partial charge is 0.266 e. The second kappa shape index (κ2) is 10.0. The fourth-order valence-corrected chi connectivity index (χ4v) is 5.06. The normalized spacial score (nSPS) is 20.5. The Labute approximate surface area is 220 Å². The van der Waals surface area contributed by atoms with Gasteiger partial charge in [-0.25, -0.2) is 9.96 Å². The van der Waals surface area contributed by atoms with E-state index >= 15 is 0 Å². The molecule has 2 aliphatic rings. The number of carbonyl (C=O) groups is 2. The molecule has 0 radical (unpaired) electrons. The third-order valence-corrected chi connectivity index (χ3v) is 6.91. The molecule has 7 nitrogen and oxygen atoms in total. The number of carbonyl (C=O) groups excluding carboxylic acids is 2. The van der Waals surface area contributed by atoms with Crippen LogP contribution in [-0.2, 0) is 21.0 Å². The van der Waals surface area contributed by atoms with E-state index in [-0.39, 0.29) is 11.8 Å². The van der Waals surface area contributed by atoms with Crippen LogP contribution < -0.4 is 19.4 Å². The van der Waals surface area contributed by atoms with Gasteiger partial charge in [0.15, 0.2) is 6.10 Å². The molecule has 0 aliphatic carbocycles. The maximum absolute atomic E-state index is 13.8. The minimum atomic E-state index is -0.937. The highest BCUT2D eigenvalue weighted by atomic mass is 16.7. The number of hydrogen-bond donors (Lipinski definition) is 0. The molecule has 2 aliphatic heterocycles. The summed E-state index contributed by atoms with van der Waals surface area (Å²) in [5.41, 5.74) is 3.16. The molecule has 7 heteroatoms. The van der Waals surface area contributed by atoms with E-state index in [0.29, 0.717) is 23.8 Å². The van der Waals surface area contributed by atoms with Crippen molar-refractivity contribution in [1.82, 2.24) is 0 Å². The Morgan fingerprint density at radius 1 is 0.737 bits per heavy atom. The lowest BCUT2D eigenvalue weighted by Gasteiger charge is -2.29. The van der Waals surface area contributed by atoms with E-state index in [4.69, 9.17) is 14.3 Å². The van der Waals surface area contributed by atoms with E-state index in [1.807, 2.05) is 84.9 Å². The topological polar surface area (TPSA) is 68.3 Å². The Hall–Kier alpha value is -4.62. The molecule has 190 valence electrons. The van der Waals surface area contributed by atoms with Gasteiger partial charge in [0, 0.05) is 6.07 Å². The lowest BCUT2D eigenvalue weighted by molar-refractivity contribution is -0.126. The van der Waals surface area contributed by atoms with Crippen LogP contribution in [0, 0.1) is 5.92 Å². The number of hydrogen-bond acceptors (Lipinski definition) is 6. The van der Waals surface area contributed by atoms with Gasteiger partial charge in [0.2, 0.25) is 5.91 Å². The number of imide groups is 1. The summed E-state index contributed by atoms with van der Waals surface area (Å²) in [7, 11) is 1.55. The maximum Gasteiger partial charge on any atom is 0.266 e. The molecular weight excluding hydrogens is 480 g/mol. The molecule has 4 aromatic rings. The van der Waals surface area contributed by atoms with Crippen molar-refractivity contribution in [1.29, 1.82) is 0 Å². The van der Waals surface area contributed by atoms with Gasteiger partial charge in [0.05, 0.1) is 24.5 Å². The molecule has 2 heterocycles. The van der Waals surface area contributed by atoms with Crippen molar-refractivity contribution in [2.75, 3.05) is 17.1 Å². The number of anilines is 2. The average Bonchev–Trinajstić information content (AvgIpc) is 3.48. The minimum Gasteiger partial charge on any atom is -0.497 e. The Kier molecular flexibility index (Phi) is 6.27. The van der Waals surface area contributed by atoms with Gasteiger partial charge in [0.1, 0.15) is 24.0 Å². The first-order valence-corrected chi connectivity index (χ1v) is 12.4. The van der Waals surface area contributed by atoms with Crippen LogP contribution >= 0.6 is 0 Å². The van der Waals surface area contributed by atoms with Crippen LogP contribution in [0.15, 0.2) is 109 Å². The first-order valence-electron chi connectivity index (χ1n) is 12.4. The summed E-state index contributed by atoms with van der Waals surface area (Å²) >= 11 is 0. The molecule has 0 saturated carbocycles. The molecule has 6 rings (SSSR count). The van der Waals surface area contributed by atoms with Crippen molar-refractivity contribution >= 4 is 23.2 Å². The molecule has 0 bridgehead atoms. The van der Waals surface area contributed by atoms with Crippen LogP contribution in [0.2, 0.25) is 0 Å². The van der Waals surface area contributed by atoms with Crippen molar-refractivity contribution in [2.24, 2.45) is 5.92 Å². The summed E-state index contributed by atoms with van der Waals surface area (Å²) in [5.74, 6) is -0.133. The van der Waals surface area contributed by atoms with Gasteiger partial charge in [-0.05, 0) is 47.5 Å². The molecule has 2 fully saturated rings. The van der Waals surface area contributed by atoms with Crippen LogP contribution in [0.3, 0.4) is 0 Å².